The van der Waals surface area contributed by atoms with E-state index in [1.54, 1.807) is 6.07 Å². The van der Waals surface area contributed by atoms with E-state index in [4.69, 9.17) is 17.3 Å². The van der Waals surface area contributed by atoms with Gasteiger partial charge in [-0.25, -0.2) is 4.98 Å². The molecule has 0 aliphatic heterocycles. The average molecular weight is 296 g/mol. The van der Waals surface area contributed by atoms with Crippen molar-refractivity contribution in [1.29, 1.82) is 0 Å². The molecule has 2 aromatic rings. The maximum atomic E-state index is 11.9. The molecular weight excluding hydrogens is 282 g/mol. The molecule has 19 heavy (non-hydrogen) atoms. The summed E-state index contributed by atoms with van der Waals surface area (Å²) in [5.41, 5.74) is 7.62. The van der Waals surface area contributed by atoms with Gasteiger partial charge in [0, 0.05) is 10.4 Å². The van der Waals surface area contributed by atoms with Crippen LogP contribution < -0.4 is 11.1 Å². The summed E-state index contributed by atoms with van der Waals surface area (Å²) in [6.45, 7) is 1.87. The number of anilines is 1. The summed E-state index contributed by atoms with van der Waals surface area (Å²) in [5, 5.41) is 5.76. The zero-order valence-corrected chi connectivity index (χ0v) is 12.0. The number of aryl methyl sites for hydroxylation is 1. The Morgan fingerprint density at radius 3 is 2.89 bits per heavy atom. The van der Waals surface area contributed by atoms with Gasteiger partial charge in [-0.1, -0.05) is 29.8 Å². The zero-order chi connectivity index (χ0) is 13.8. The summed E-state index contributed by atoms with van der Waals surface area (Å²) in [6, 6.07) is 6.71. The lowest BCUT2D eigenvalue weighted by Gasteiger charge is -2.11. The second-order valence-corrected chi connectivity index (χ2v) is 5.45. The molecule has 100 valence electrons. The second kappa shape index (κ2) is 6.14. The Bertz CT molecular complexity index is 585. The number of amides is 1. The van der Waals surface area contributed by atoms with E-state index in [9.17, 15) is 4.79 Å². The highest BCUT2D eigenvalue weighted by molar-refractivity contribution is 7.13. The van der Waals surface area contributed by atoms with Gasteiger partial charge < -0.3 is 11.1 Å². The van der Waals surface area contributed by atoms with Crippen molar-refractivity contribution in [3.8, 4) is 0 Å². The van der Waals surface area contributed by atoms with Gasteiger partial charge in [0.15, 0.2) is 5.13 Å². The topological polar surface area (TPSA) is 68.0 Å². The maximum Gasteiger partial charge on any atom is 0.243 e. The first-order valence-corrected chi connectivity index (χ1v) is 7.04. The molecule has 1 heterocycles. The number of aromatic nitrogens is 1. The van der Waals surface area contributed by atoms with Crippen molar-refractivity contribution in [2.45, 2.75) is 19.4 Å². The van der Waals surface area contributed by atoms with Crippen molar-refractivity contribution < 1.29 is 4.79 Å². The minimum atomic E-state index is -0.649. The first-order chi connectivity index (χ1) is 9.06. The summed E-state index contributed by atoms with van der Waals surface area (Å²) in [5.74, 6) is -0.255. The highest BCUT2D eigenvalue weighted by Gasteiger charge is 2.16. The van der Waals surface area contributed by atoms with Crippen molar-refractivity contribution in [3.05, 3.63) is 45.9 Å². The first kappa shape index (κ1) is 14.0. The van der Waals surface area contributed by atoms with E-state index in [0.717, 1.165) is 11.3 Å². The molecule has 1 atom stereocenters. The Morgan fingerprint density at radius 1 is 1.53 bits per heavy atom. The lowest BCUT2D eigenvalue weighted by molar-refractivity contribution is -0.117. The largest absolute Gasteiger partial charge is 0.320 e. The number of hydrogen-bond donors (Lipinski definition) is 2. The van der Waals surface area contributed by atoms with Gasteiger partial charge in [-0.2, -0.15) is 0 Å². The molecular formula is C13H14ClN3OS. The number of nitrogens with two attached hydrogens (primary N) is 1. The number of carbonyl (C=O) groups is 1. The molecule has 4 nitrogen and oxygen atoms in total. The molecule has 3 N–H and O–H groups in total. The van der Waals surface area contributed by atoms with Crippen molar-refractivity contribution in [2.24, 2.45) is 5.73 Å². The number of benzene rings is 1. The van der Waals surface area contributed by atoms with Gasteiger partial charge in [0.1, 0.15) is 0 Å². The minimum absolute atomic E-state index is 0.255. The Morgan fingerprint density at radius 2 is 2.26 bits per heavy atom. The predicted octanol–water partition coefficient (Wildman–Crippen LogP) is 2.61. The van der Waals surface area contributed by atoms with Crippen LogP contribution in [0, 0.1) is 6.92 Å². The van der Waals surface area contributed by atoms with E-state index < -0.39 is 6.04 Å². The molecule has 0 radical (unpaired) electrons. The Labute approximate surface area is 120 Å². The average Bonchev–Trinajstić information content (AvgIpc) is 2.77. The molecule has 0 saturated carbocycles. The monoisotopic (exact) mass is 295 g/mol. The standard InChI is InChI=1S/C13H14ClN3OS/c1-8-7-19-13(16-8)17-12(18)11(15)6-9-4-2-3-5-10(9)14/h2-5,7,11H,6,15H2,1H3,(H,16,17,18)/t11-/m0/s1. The number of nitrogens with one attached hydrogen (secondary N) is 1. The fourth-order valence-electron chi connectivity index (χ4n) is 1.60. The van der Waals surface area contributed by atoms with Crippen LogP contribution in [0.15, 0.2) is 29.6 Å². The number of nitrogens with zero attached hydrogens (tertiary/aromatic N) is 1. The molecule has 6 heteroatoms. The Balaban J connectivity index is 1.98. The number of hydrogen-bond acceptors (Lipinski definition) is 4. The number of thiazole rings is 1. The normalized spacial score (nSPS) is 12.2. The van der Waals surface area contributed by atoms with Crippen LogP contribution in [0.2, 0.25) is 5.02 Å². The SMILES string of the molecule is Cc1csc(NC(=O)[C@@H](N)Cc2ccccc2Cl)n1. The van der Waals surface area contributed by atoms with Crippen molar-refractivity contribution in [2.75, 3.05) is 5.32 Å². The molecule has 0 unspecified atom stereocenters. The van der Waals surface area contributed by atoms with Crippen molar-refractivity contribution in [1.82, 2.24) is 4.98 Å². The van der Waals surface area contributed by atoms with Gasteiger partial charge >= 0.3 is 0 Å². The van der Waals surface area contributed by atoms with Gasteiger partial charge in [0.25, 0.3) is 0 Å². The third-order valence-electron chi connectivity index (χ3n) is 2.58. The molecule has 2 rings (SSSR count). The van der Waals surface area contributed by atoms with Crippen LogP contribution in [-0.4, -0.2) is 16.9 Å². The maximum absolute atomic E-state index is 11.9. The molecule has 0 fully saturated rings. The zero-order valence-electron chi connectivity index (χ0n) is 10.4. The lowest BCUT2D eigenvalue weighted by Crippen LogP contribution is -2.37. The highest BCUT2D eigenvalue weighted by atomic mass is 35.5. The van der Waals surface area contributed by atoms with Gasteiger partial charge in [-0.15, -0.1) is 11.3 Å². The number of halogens is 1. The van der Waals surface area contributed by atoms with Crippen LogP contribution >= 0.6 is 22.9 Å². The predicted molar refractivity (Wildman–Crippen MR) is 78.6 cm³/mol. The summed E-state index contributed by atoms with van der Waals surface area (Å²) < 4.78 is 0. The van der Waals surface area contributed by atoms with Crippen LogP contribution in [0.5, 0.6) is 0 Å². The Kier molecular flexibility index (Phi) is 4.52. The van der Waals surface area contributed by atoms with E-state index in [1.165, 1.54) is 11.3 Å². The molecule has 0 aliphatic carbocycles. The van der Waals surface area contributed by atoms with Crippen LogP contribution in [-0.2, 0) is 11.2 Å². The smallest absolute Gasteiger partial charge is 0.243 e. The molecule has 0 saturated heterocycles. The molecule has 1 aromatic carbocycles. The van der Waals surface area contributed by atoms with E-state index in [1.807, 2.05) is 30.5 Å². The number of rotatable bonds is 4. The van der Waals surface area contributed by atoms with Gasteiger partial charge in [0.05, 0.1) is 11.7 Å². The lowest BCUT2D eigenvalue weighted by atomic mass is 10.1. The van der Waals surface area contributed by atoms with E-state index in [-0.39, 0.29) is 5.91 Å². The molecule has 0 spiro atoms. The summed E-state index contributed by atoms with van der Waals surface area (Å²) in [6.07, 6.45) is 0.399. The van der Waals surface area contributed by atoms with Crippen LogP contribution in [0.4, 0.5) is 5.13 Å². The van der Waals surface area contributed by atoms with Crippen molar-refractivity contribution >= 4 is 34.0 Å². The highest BCUT2D eigenvalue weighted by Crippen LogP contribution is 2.18. The third kappa shape index (κ3) is 3.76. The second-order valence-electron chi connectivity index (χ2n) is 4.19. The Hall–Kier alpha value is -1.43. The van der Waals surface area contributed by atoms with Crippen LogP contribution in [0.1, 0.15) is 11.3 Å². The minimum Gasteiger partial charge on any atom is -0.320 e. The van der Waals surface area contributed by atoms with Gasteiger partial charge in [-0.3, -0.25) is 4.79 Å². The van der Waals surface area contributed by atoms with Crippen molar-refractivity contribution in [3.63, 3.8) is 0 Å². The van der Waals surface area contributed by atoms with Gasteiger partial charge in [0.2, 0.25) is 5.91 Å². The number of carbonyl (C=O) groups excluding carboxylic acids is 1. The van der Waals surface area contributed by atoms with Crippen LogP contribution in [0.25, 0.3) is 0 Å². The van der Waals surface area contributed by atoms with E-state index >= 15 is 0 Å². The molecule has 1 aromatic heterocycles. The summed E-state index contributed by atoms with van der Waals surface area (Å²) in [4.78, 5) is 16.1. The molecule has 0 bridgehead atoms. The fraction of sp³-hybridized carbons (Fsp3) is 0.231. The molecule has 1 amide bonds. The van der Waals surface area contributed by atoms with Gasteiger partial charge in [-0.05, 0) is 25.0 Å². The summed E-state index contributed by atoms with van der Waals surface area (Å²) in [7, 11) is 0. The fourth-order valence-corrected chi connectivity index (χ4v) is 2.51. The van der Waals surface area contributed by atoms with E-state index in [2.05, 4.69) is 10.3 Å². The third-order valence-corrected chi connectivity index (χ3v) is 3.83. The van der Waals surface area contributed by atoms with E-state index in [0.29, 0.717) is 16.6 Å². The first-order valence-electron chi connectivity index (χ1n) is 5.78. The summed E-state index contributed by atoms with van der Waals surface area (Å²) >= 11 is 7.42. The quantitative estimate of drug-likeness (QED) is 0.911. The van der Waals surface area contributed by atoms with Crippen LogP contribution in [0.3, 0.4) is 0 Å². The molecule has 0 aliphatic rings.